The van der Waals surface area contributed by atoms with Crippen LogP contribution in [0.5, 0.6) is 0 Å². The minimum Gasteiger partial charge on any atom is -0.376 e. The van der Waals surface area contributed by atoms with Gasteiger partial charge in [-0.15, -0.1) is 24.8 Å². The smallest absolute Gasteiger partial charge is 0.220 e. The zero-order chi connectivity index (χ0) is 17.5. The topological polar surface area (TPSA) is 67.6 Å². The predicted molar refractivity (Wildman–Crippen MR) is 107 cm³/mol. The second kappa shape index (κ2) is 12.7. The molecular formula is C17H27Cl3FN3O2. The molecule has 1 aromatic rings. The van der Waals surface area contributed by atoms with E-state index in [4.69, 9.17) is 22.1 Å². The second-order valence-electron chi connectivity index (χ2n) is 6.02. The molecule has 1 aliphatic heterocycles. The molecule has 2 atom stereocenters. The van der Waals surface area contributed by atoms with E-state index in [1.54, 1.807) is 12.1 Å². The maximum atomic E-state index is 14.4. The van der Waals surface area contributed by atoms with E-state index in [0.717, 1.165) is 0 Å². The lowest BCUT2D eigenvalue weighted by Crippen LogP contribution is -2.47. The van der Waals surface area contributed by atoms with Gasteiger partial charge >= 0.3 is 0 Å². The number of nitrogens with one attached hydrogen (secondary N) is 1. The lowest BCUT2D eigenvalue weighted by molar-refractivity contribution is -0.121. The number of rotatable bonds is 7. The van der Waals surface area contributed by atoms with Crippen molar-refractivity contribution in [1.29, 1.82) is 0 Å². The SMILES string of the molecule is CC1CN(C(CNC(=O)CCCN)c2c(F)cccc2Cl)CCO1.Cl.Cl. The summed E-state index contributed by atoms with van der Waals surface area (Å²) >= 11 is 6.25. The standard InChI is InChI=1S/C17H25ClFN3O2.2ClH/c1-12-11-22(8-9-24-12)15(10-21-16(23)6-3-7-20)17-13(18)4-2-5-14(17)19;;/h2,4-5,12,15H,3,6-11,20H2,1H3,(H,21,23);2*1H. The number of ether oxygens (including phenoxy) is 1. The van der Waals surface area contributed by atoms with Gasteiger partial charge in [0.15, 0.2) is 0 Å². The number of benzene rings is 1. The van der Waals surface area contributed by atoms with E-state index < -0.39 is 0 Å². The van der Waals surface area contributed by atoms with Gasteiger partial charge < -0.3 is 15.8 Å². The number of halogens is 4. The maximum Gasteiger partial charge on any atom is 0.220 e. The van der Waals surface area contributed by atoms with Gasteiger partial charge in [-0.05, 0) is 32.0 Å². The van der Waals surface area contributed by atoms with Crippen molar-refractivity contribution in [1.82, 2.24) is 10.2 Å². The number of carbonyl (C=O) groups is 1. The Morgan fingerprint density at radius 1 is 1.50 bits per heavy atom. The number of amides is 1. The summed E-state index contributed by atoms with van der Waals surface area (Å²) in [5.41, 5.74) is 5.85. The third-order valence-corrected chi connectivity index (χ3v) is 4.48. The molecule has 0 bridgehead atoms. The van der Waals surface area contributed by atoms with Crippen molar-refractivity contribution in [3.05, 3.63) is 34.6 Å². The molecule has 9 heteroatoms. The highest BCUT2D eigenvalue weighted by Crippen LogP contribution is 2.31. The van der Waals surface area contributed by atoms with E-state index >= 15 is 0 Å². The lowest BCUT2D eigenvalue weighted by Gasteiger charge is -2.38. The van der Waals surface area contributed by atoms with Crippen molar-refractivity contribution in [2.75, 3.05) is 32.8 Å². The monoisotopic (exact) mass is 429 g/mol. The Labute approximate surface area is 171 Å². The van der Waals surface area contributed by atoms with Crippen LogP contribution in [0, 0.1) is 5.82 Å². The van der Waals surface area contributed by atoms with Crippen molar-refractivity contribution < 1.29 is 13.9 Å². The van der Waals surface area contributed by atoms with Gasteiger partial charge in [-0.25, -0.2) is 4.39 Å². The summed E-state index contributed by atoms with van der Waals surface area (Å²) in [6, 6.07) is 4.33. The Kier molecular flexibility index (Phi) is 12.4. The summed E-state index contributed by atoms with van der Waals surface area (Å²) in [6.45, 7) is 4.65. The first kappa shape index (κ1) is 25.4. The van der Waals surface area contributed by atoms with Gasteiger partial charge in [0.25, 0.3) is 0 Å². The Morgan fingerprint density at radius 3 is 2.85 bits per heavy atom. The molecule has 0 radical (unpaired) electrons. The van der Waals surface area contributed by atoms with Crippen LogP contribution < -0.4 is 11.1 Å². The van der Waals surface area contributed by atoms with E-state index in [9.17, 15) is 9.18 Å². The summed E-state index contributed by atoms with van der Waals surface area (Å²) in [7, 11) is 0. The summed E-state index contributed by atoms with van der Waals surface area (Å²) in [6.07, 6.45) is 1.05. The molecule has 5 nitrogen and oxygen atoms in total. The van der Waals surface area contributed by atoms with Crippen LogP contribution in [0.15, 0.2) is 18.2 Å². The first-order chi connectivity index (χ1) is 11.5. The van der Waals surface area contributed by atoms with Crippen LogP contribution in [0.4, 0.5) is 4.39 Å². The molecule has 150 valence electrons. The van der Waals surface area contributed by atoms with Crippen LogP contribution in [0.2, 0.25) is 5.02 Å². The van der Waals surface area contributed by atoms with Gasteiger partial charge in [0.05, 0.1) is 18.8 Å². The van der Waals surface area contributed by atoms with Crippen molar-refractivity contribution in [2.24, 2.45) is 5.73 Å². The predicted octanol–water partition coefficient (Wildman–Crippen LogP) is 2.94. The summed E-state index contributed by atoms with van der Waals surface area (Å²) in [4.78, 5) is 14.0. The Hall–Kier alpha value is -0.630. The average molecular weight is 431 g/mol. The molecule has 1 aliphatic rings. The molecule has 1 fully saturated rings. The van der Waals surface area contributed by atoms with Crippen molar-refractivity contribution >= 4 is 42.3 Å². The number of hydrogen-bond donors (Lipinski definition) is 2. The summed E-state index contributed by atoms with van der Waals surface area (Å²) in [5, 5.41) is 3.25. The molecule has 1 saturated heterocycles. The number of carbonyl (C=O) groups excluding carboxylic acids is 1. The fourth-order valence-electron chi connectivity index (χ4n) is 2.93. The Morgan fingerprint density at radius 2 is 2.23 bits per heavy atom. The molecule has 0 spiro atoms. The molecule has 2 unspecified atom stereocenters. The zero-order valence-corrected chi connectivity index (χ0v) is 17.1. The Bertz CT molecular complexity index is 546. The highest BCUT2D eigenvalue weighted by atomic mass is 35.5. The van der Waals surface area contributed by atoms with Gasteiger partial charge in [0.1, 0.15) is 5.82 Å². The van der Waals surface area contributed by atoms with E-state index in [1.807, 2.05) is 6.92 Å². The highest BCUT2D eigenvalue weighted by Gasteiger charge is 2.29. The van der Waals surface area contributed by atoms with Crippen LogP contribution >= 0.6 is 36.4 Å². The summed E-state index contributed by atoms with van der Waals surface area (Å²) < 4.78 is 20.0. The largest absolute Gasteiger partial charge is 0.376 e. The normalized spacial score (nSPS) is 18.4. The van der Waals surface area contributed by atoms with Crippen molar-refractivity contribution in [2.45, 2.75) is 31.9 Å². The Balaban J connectivity index is 0.00000312. The van der Waals surface area contributed by atoms with Crippen molar-refractivity contribution in [3.8, 4) is 0 Å². The molecule has 1 aromatic carbocycles. The fraction of sp³-hybridized carbons (Fsp3) is 0.588. The van der Waals surface area contributed by atoms with Gasteiger partial charge in [-0.3, -0.25) is 9.69 Å². The van der Waals surface area contributed by atoms with Gasteiger partial charge in [0, 0.05) is 36.6 Å². The molecule has 1 amide bonds. The zero-order valence-electron chi connectivity index (χ0n) is 14.7. The van der Waals surface area contributed by atoms with Crippen LogP contribution in [0.3, 0.4) is 0 Å². The third-order valence-electron chi connectivity index (χ3n) is 4.15. The van der Waals surface area contributed by atoms with Gasteiger partial charge in [0.2, 0.25) is 5.91 Å². The lowest BCUT2D eigenvalue weighted by atomic mass is 10.0. The van der Waals surface area contributed by atoms with E-state index in [0.29, 0.717) is 56.2 Å². The second-order valence-corrected chi connectivity index (χ2v) is 6.43. The maximum absolute atomic E-state index is 14.4. The molecular weight excluding hydrogens is 404 g/mol. The van der Waals surface area contributed by atoms with Crippen LogP contribution in [-0.2, 0) is 9.53 Å². The summed E-state index contributed by atoms with van der Waals surface area (Å²) in [5.74, 6) is -0.443. The van der Waals surface area contributed by atoms with Crippen molar-refractivity contribution in [3.63, 3.8) is 0 Å². The molecule has 0 aliphatic carbocycles. The minimum absolute atomic E-state index is 0. The number of nitrogens with two attached hydrogens (primary N) is 1. The highest BCUT2D eigenvalue weighted by molar-refractivity contribution is 6.31. The van der Waals surface area contributed by atoms with Gasteiger partial charge in [-0.1, -0.05) is 17.7 Å². The molecule has 1 heterocycles. The molecule has 0 aromatic heterocycles. The van der Waals surface area contributed by atoms with Crippen LogP contribution in [0.25, 0.3) is 0 Å². The average Bonchev–Trinajstić information content (AvgIpc) is 2.55. The number of hydrogen-bond acceptors (Lipinski definition) is 4. The first-order valence-corrected chi connectivity index (χ1v) is 8.67. The minimum atomic E-state index is -0.358. The molecule has 0 saturated carbocycles. The van der Waals surface area contributed by atoms with Crippen LogP contribution in [-0.4, -0.2) is 49.7 Å². The van der Waals surface area contributed by atoms with E-state index in [1.165, 1.54) is 6.07 Å². The van der Waals surface area contributed by atoms with E-state index in [-0.39, 0.29) is 48.7 Å². The molecule has 3 N–H and O–H groups in total. The quantitative estimate of drug-likeness (QED) is 0.698. The van der Waals surface area contributed by atoms with Crippen LogP contribution in [0.1, 0.15) is 31.4 Å². The third kappa shape index (κ3) is 7.18. The molecule has 26 heavy (non-hydrogen) atoms. The number of nitrogens with zero attached hydrogens (tertiary/aromatic N) is 1. The first-order valence-electron chi connectivity index (χ1n) is 8.29. The number of morpholine rings is 1. The van der Waals surface area contributed by atoms with E-state index in [2.05, 4.69) is 10.2 Å². The molecule has 2 rings (SSSR count). The van der Waals surface area contributed by atoms with Gasteiger partial charge in [-0.2, -0.15) is 0 Å². The fourth-order valence-corrected chi connectivity index (χ4v) is 3.22.